The Bertz CT molecular complexity index is 706. The molecule has 0 radical (unpaired) electrons. The molecule has 18 heavy (non-hydrogen) atoms. The average molecular weight is 303 g/mol. The van der Waals surface area contributed by atoms with Gasteiger partial charge in [0.25, 0.3) is 0 Å². The van der Waals surface area contributed by atoms with E-state index in [9.17, 15) is 0 Å². The van der Waals surface area contributed by atoms with Gasteiger partial charge in [0.05, 0.1) is 5.56 Å². The summed E-state index contributed by atoms with van der Waals surface area (Å²) in [4.78, 5) is 8.62. The summed E-state index contributed by atoms with van der Waals surface area (Å²) in [5, 5.41) is 0. The third-order valence-electron chi connectivity index (χ3n) is 2.81. The lowest BCUT2D eigenvalue weighted by atomic mass is 10.1. The van der Waals surface area contributed by atoms with Gasteiger partial charge in [-0.15, -0.1) is 0 Å². The van der Waals surface area contributed by atoms with Crippen molar-refractivity contribution in [1.82, 2.24) is 9.97 Å². The van der Waals surface area contributed by atoms with Gasteiger partial charge in [-0.1, -0.05) is 13.0 Å². The van der Waals surface area contributed by atoms with Gasteiger partial charge >= 0.3 is 0 Å². The molecule has 3 aromatic rings. The highest BCUT2D eigenvalue weighted by atomic mass is 79.9. The Morgan fingerprint density at radius 1 is 1.22 bits per heavy atom. The summed E-state index contributed by atoms with van der Waals surface area (Å²) in [6, 6.07) is 8.04. The van der Waals surface area contributed by atoms with Crippen LogP contribution in [0.25, 0.3) is 22.6 Å². The number of hydrogen-bond acceptors (Lipinski definition) is 3. The summed E-state index contributed by atoms with van der Waals surface area (Å²) >= 11 is 3.39. The van der Waals surface area contributed by atoms with Crippen molar-refractivity contribution in [2.75, 3.05) is 0 Å². The minimum absolute atomic E-state index is 0.604. The molecule has 3 rings (SSSR count). The Balaban J connectivity index is 2.13. The molecular weight excluding hydrogens is 292 g/mol. The lowest BCUT2D eigenvalue weighted by Crippen LogP contribution is -1.80. The summed E-state index contributed by atoms with van der Waals surface area (Å²) in [5.74, 6) is 0.604. The van der Waals surface area contributed by atoms with E-state index in [2.05, 4.69) is 45.0 Å². The third kappa shape index (κ3) is 2.04. The Hall–Kier alpha value is -1.68. The fraction of sp³-hybridized carbons (Fsp3) is 0.143. The van der Waals surface area contributed by atoms with Crippen LogP contribution in [0.2, 0.25) is 0 Å². The number of rotatable bonds is 2. The molecule has 0 saturated carbocycles. The van der Waals surface area contributed by atoms with Crippen LogP contribution in [0.4, 0.5) is 0 Å². The molecule has 0 bridgehead atoms. The zero-order valence-electron chi connectivity index (χ0n) is 9.85. The zero-order valence-corrected chi connectivity index (χ0v) is 11.4. The molecule has 0 atom stereocenters. The predicted molar refractivity (Wildman–Crippen MR) is 74.3 cm³/mol. The van der Waals surface area contributed by atoms with Crippen molar-refractivity contribution in [1.29, 1.82) is 0 Å². The second-order valence-corrected chi connectivity index (χ2v) is 4.98. The average Bonchev–Trinajstić information content (AvgIpc) is 2.81. The van der Waals surface area contributed by atoms with Crippen molar-refractivity contribution in [2.24, 2.45) is 0 Å². The van der Waals surface area contributed by atoms with Gasteiger partial charge in [-0.25, -0.2) is 4.98 Å². The summed E-state index contributed by atoms with van der Waals surface area (Å²) in [5.41, 5.74) is 3.83. The van der Waals surface area contributed by atoms with Crippen LogP contribution in [-0.2, 0) is 6.42 Å². The first kappa shape index (κ1) is 11.4. The Morgan fingerprint density at radius 2 is 2.11 bits per heavy atom. The fourth-order valence-corrected chi connectivity index (χ4v) is 2.21. The van der Waals surface area contributed by atoms with Crippen LogP contribution in [0.5, 0.6) is 0 Å². The first-order chi connectivity index (χ1) is 8.76. The van der Waals surface area contributed by atoms with E-state index in [4.69, 9.17) is 4.42 Å². The van der Waals surface area contributed by atoms with E-state index in [1.807, 2.05) is 12.1 Å². The number of fused-ring (bicyclic) bond motifs is 1. The van der Waals surface area contributed by atoms with Crippen molar-refractivity contribution >= 4 is 27.0 Å². The Morgan fingerprint density at radius 3 is 2.89 bits per heavy atom. The smallest absolute Gasteiger partial charge is 0.228 e. The van der Waals surface area contributed by atoms with Crippen LogP contribution in [0.15, 0.2) is 45.5 Å². The number of oxazole rings is 1. The molecule has 90 valence electrons. The number of benzene rings is 1. The highest BCUT2D eigenvalue weighted by Crippen LogP contribution is 2.26. The van der Waals surface area contributed by atoms with Gasteiger partial charge in [0.15, 0.2) is 5.58 Å². The van der Waals surface area contributed by atoms with Gasteiger partial charge in [-0.2, -0.15) is 0 Å². The number of aromatic nitrogens is 2. The number of aryl methyl sites for hydroxylation is 1. The molecule has 0 amide bonds. The monoisotopic (exact) mass is 302 g/mol. The molecule has 0 aliphatic rings. The van der Waals surface area contributed by atoms with E-state index in [1.54, 1.807) is 12.4 Å². The number of nitrogens with zero attached hydrogens (tertiary/aromatic N) is 2. The van der Waals surface area contributed by atoms with E-state index < -0.39 is 0 Å². The van der Waals surface area contributed by atoms with Crippen molar-refractivity contribution < 1.29 is 4.42 Å². The molecule has 0 unspecified atom stereocenters. The van der Waals surface area contributed by atoms with E-state index in [0.29, 0.717) is 5.89 Å². The molecule has 0 spiro atoms. The largest absolute Gasteiger partial charge is 0.436 e. The van der Waals surface area contributed by atoms with Gasteiger partial charge in [0, 0.05) is 16.9 Å². The molecule has 0 N–H and O–H groups in total. The molecule has 1 aromatic carbocycles. The minimum Gasteiger partial charge on any atom is -0.436 e. The van der Waals surface area contributed by atoms with Crippen LogP contribution in [0, 0.1) is 0 Å². The van der Waals surface area contributed by atoms with Crippen LogP contribution in [-0.4, -0.2) is 9.97 Å². The van der Waals surface area contributed by atoms with Crippen molar-refractivity contribution in [3.05, 3.63) is 46.7 Å². The van der Waals surface area contributed by atoms with Crippen LogP contribution < -0.4 is 0 Å². The zero-order chi connectivity index (χ0) is 12.5. The Labute approximate surface area is 113 Å². The predicted octanol–water partition coefficient (Wildman–Crippen LogP) is 4.21. The molecule has 2 aromatic heterocycles. The van der Waals surface area contributed by atoms with E-state index >= 15 is 0 Å². The van der Waals surface area contributed by atoms with Crippen LogP contribution in [0.1, 0.15) is 12.5 Å². The quantitative estimate of drug-likeness (QED) is 0.711. The maximum Gasteiger partial charge on any atom is 0.228 e. The summed E-state index contributed by atoms with van der Waals surface area (Å²) in [6.45, 7) is 2.13. The summed E-state index contributed by atoms with van der Waals surface area (Å²) in [7, 11) is 0. The van der Waals surface area contributed by atoms with Gasteiger partial charge in [-0.05, 0) is 46.1 Å². The third-order valence-corrected chi connectivity index (χ3v) is 3.25. The van der Waals surface area contributed by atoms with E-state index in [0.717, 1.165) is 27.6 Å². The van der Waals surface area contributed by atoms with Crippen LogP contribution >= 0.6 is 15.9 Å². The minimum atomic E-state index is 0.604. The molecular formula is C14H11BrN2O. The topological polar surface area (TPSA) is 38.9 Å². The maximum absolute atomic E-state index is 5.74. The first-order valence-corrected chi connectivity index (χ1v) is 6.56. The van der Waals surface area contributed by atoms with Crippen molar-refractivity contribution in [3.8, 4) is 11.5 Å². The van der Waals surface area contributed by atoms with Gasteiger partial charge in [0.1, 0.15) is 5.52 Å². The van der Waals surface area contributed by atoms with Crippen molar-refractivity contribution in [2.45, 2.75) is 13.3 Å². The highest BCUT2D eigenvalue weighted by Gasteiger charge is 2.09. The van der Waals surface area contributed by atoms with Gasteiger partial charge < -0.3 is 4.42 Å². The summed E-state index contributed by atoms with van der Waals surface area (Å²) in [6.07, 6.45) is 4.48. The standard InChI is InChI=1S/C14H11BrN2O/c1-2-9-3-4-13-12(5-9)17-14(18-13)10-6-11(15)8-16-7-10/h3-8H,2H2,1H3. The fourth-order valence-electron chi connectivity index (χ4n) is 1.85. The normalized spacial score (nSPS) is 11.0. The SMILES string of the molecule is CCc1ccc2oc(-c3cncc(Br)c3)nc2c1. The van der Waals surface area contributed by atoms with E-state index in [-0.39, 0.29) is 0 Å². The molecule has 4 heteroatoms. The lowest BCUT2D eigenvalue weighted by molar-refractivity contribution is 0.619. The molecule has 2 heterocycles. The number of pyridine rings is 1. The molecule has 3 nitrogen and oxygen atoms in total. The molecule has 0 aliphatic heterocycles. The van der Waals surface area contributed by atoms with E-state index in [1.165, 1.54) is 5.56 Å². The van der Waals surface area contributed by atoms with Crippen LogP contribution in [0.3, 0.4) is 0 Å². The maximum atomic E-state index is 5.74. The number of hydrogen-bond donors (Lipinski definition) is 0. The van der Waals surface area contributed by atoms with Crippen molar-refractivity contribution in [3.63, 3.8) is 0 Å². The first-order valence-electron chi connectivity index (χ1n) is 5.76. The molecule has 0 saturated heterocycles. The Kier molecular flexibility index (Phi) is 2.88. The second kappa shape index (κ2) is 4.53. The summed E-state index contributed by atoms with van der Waals surface area (Å²) < 4.78 is 6.65. The second-order valence-electron chi connectivity index (χ2n) is 4.07. The highest BCUT2D eigenvalue weighted by molar-refractivity contribution is 9.10. The molecule has 0 aliphatic carbocycles. The van der Waals surface area contributed by atoms with Gasteiger partial charge in [-0.3, -0.25) is 4.98 Å². The van der Waals surface area contributed by atoms with Gasteiger partial charge in [0.2, 0.25) is 5.89 Å². The number of halogens is 1. The lowest BCUT2D eigenvalue weighted by Gasteiger charge is -1.94. The molecule has 0 fully saturated rings.